The molecule has 3 rings (SSSR count). The van der Waals surface area contributed by atoms with Gasteiger partial charge in [-0.2, -0.15) is 0 Å². The molecule has 0 aromatic heterocycles. The van der Waals surface area contributed by atoms with E-state index in [4.69, 9.17) is 4.74 Å². The van der Waals surface area contributed by atoms with E-state index in [0.29, 0.717) is 0 Å². The molecule has 1 fully saturated rings. The molecule has 1 aliphatic rings. The number of nitrogens with one attached hydrogen (secondary N) is 1. The van der Waals surface area contributed by atoms with Crippen molar-refractivity contribution in [3.63, 3.8) is 0 Å². The molecule has 1 N–H and O–H groups in total. The summed E-state index contributed by atoms with van der Waals surface area (Å²) in [7, 11) is 4.06. The van der Waals surface area contributed by atoms with Gasteiger partial charge in [-0.05, 0) is 25.2 Å². The molecule has 1 saturated heterocycles. The van der Waals surface area contributed by atoms with Gasteiger partial charge in [0.2, 0.25) is 0 Å². The maximum Gasteiger partial charge on any atom is 0.323 e. The summed E-state index contributed by atoms with van der Waals surface area (Å²) in [5.74, 6) is -0.202. The van der Waals surface area contributed by atoms with Crippen LogP contribution < -0.4 is 5.32 Å². The first-order chi connectivity index (χ1) is 12.1. The van der Waals surface area contributed by atoms with Crippen LogP contribution in [0.3, 0.4) is 0 Å². The van der Waals surface area contributed by atoms with Crippen molar-refractivity contribution in [2.75, 3.05) is 27.2 Å². The predicted molar refractivity (Wildman–Crippen MR) is 99.3 cm³/mol. The SMILES string of the molecule is CC1C(NCCN(C)C)OC(=O)C1(c1ccccc1)c1ccccc1. The van der Waals surface area contributed by atoms with E-state index in [1.807, 2.05) is 74.8 Å². The van der Waals surface area contributed by atoms with Gasteiger partial charge < -0.3 is 9.64 Å². The predicted octanol–water partition coefficient (Wildman–Crippen LogP) is 2.64. The van der Waals surface area contributed by atoms with Crippen molar-refractivity contribution < 1.29 is 9.53 Å². The lowest BCUT2D eigenvalue weighted by atomic mass is 9.67. The van der Waals surface area contributed by atoms with Crippen molar-refractivity contribution in [3.8, 4) is 0 Å². The number of nitrogens with zero attached hydrogens (tertiary/aromatic N) is 1. The van der Waals surface area contributed by atoms with Crippen LogP contribution in [0.1, 0.15) is 18.1 Å². The quantitative estimate of drug-likeness (QED) is 0.822. The van der Waals surface area contributed by atoms with Gasteiger partial charge in [-0.3, -0.25) is 10.1 Å². The number of carbonyl (C=O) groups is 1. The molecule has 0 amide bonds. The van der Waals surface area contributed by atoms with Crippen molar-refractivity contribution in [3.05, 3.63) is 71.8 Å². The average Bonchev–Trinajstić information content (AvgIpc) is 2.87. The Kier molecular flexibility index (Phi) is 5.21. The van der Waals surface area contributed by atoms with E-state index in [2.05, 4.69) is 17.1 Å². The summed E-state index contributed by atoms with van der Waals surface area (Å²) < 4.78 is 5.81. The summed E-state index contributed by atoms with van der Waals surface area (Å²) in [5.41, 5.74) is 1.18. The number of hydrogen-bond donors (Lipinski definition) is 1. The van der Waals surface area contributed by atoms with Crippen molar-refractivity contribution in [2.45, 2.75) is 18.6 Å². The molecule has 1 heterocycles. The highest BCUT2D eigenvalue weighted by atomic mass is 16.6. The first kappa shape index (κ1) is 17.6. The maximum atomic E-state index is 13.1. The number of hydrogen-bond acceptors (Lipinski definition) is 4. The van der Waals surface area contributed by atoms with Gasteiger partial charge in [0.15, 0.2) is 6.23 Å². The summed E-state index contributed by atoms with van der Waals surface area (Å²) in [6, 6.07) is 19.9. The second-order valence-electron chi connectivity index (χ2n) is 6.91. The molecule has 132 valence electrons. The van der Waals surface area contributed by atoms with E-state index >= 15 is 0 Å². The molecule has 0 spiro atoms. The first-order valence-electron chi connectivity index (χ1n) is 8.77. The second kappa shape index (κ2) is 7.38. The van der Waals surface area contributed by atoms with Gasteiger partial charge in [0.25, 0.3) is 0 Å². The van der Waals surface area contributed by atoms with Gasteiger partial charge >= 0.3 is 5.97 Å². The summed E-state index contributed by atoms with van der Waals surface area (Å²) >= 11 is 0. The van der Waals surface area contributed by atoms with Crippen molar-refractivity contribution in [2.24, 2.45) is 5.92 Å². The molecule has 0 aliphatic carbocycles. The molecule has 4 heteroatoms. The topological polar surface area (TPSA) is 41.6 Å². The molecule has 2 unspecified atom stereocenters. The first-order valence-corrected chi connectivity index (χ1v) is 8.77. The lowest BCUT2D eigenvalue weighted by molar-refractivity contribution is -0.145. The molecule has 4 nitrogen and oxygen atoms in total. The van der Waals surface area contributed by atoms with Crippen molar-refractivity contribution in [1.82, 2.24) is 10.2 Å². The molecule has 2 aromatic carbocycles. The summed E-state index contributed by atoms with van der Waals surface area (Å²) in [6.07, 6.45) is -0.298. The average molecular weight is 338 g/mol. The highest BCUT2D eigenvalue weighted by Crippen LogP contribution is 2.46. The molecule has 0 radical (unpaired) electrons. The van der Waals surface area contributed by atoms with Crippen LogP contribution in [-0.2, 0) is 14.9 Å². The molecular weight excluding hydrogens is 312 g/mol. The molecule has 2 aromatic rings. The number of cyclic esters (lactones) is 1. The lowest BCUT2D eigenvalue weighted by Crippen LogP contribution is -2.43. The molecular formula is C21H26N2O2. The summed E-state index contributed by atoms with van der Waals surface area (Å²) in [6.45, 7) is 3.76. The minimum atomic E-state index is -0.779. The van der Waals surface area contributed by atoms with Gasteiger partial charge in [0.1, 0.15) is 5.41 Å². The van der Waals surface area contributed by atoms with Crippen LogP contribution in [0, 0.1) is 5.92 Å². The van der Waals surface area contributed by atoms with E-state index in [9.17, 15) is 4.79 Å². The number of likely N-dealkylation sites (N-methyl/N-ethyl adjacent to an activating group) is 1. The van der Waals surface area contributed by atoms with E-state index < -0.39 is 5.41 Å². The van der Waals surface area contributed by atoms with Gasteiger partial charge in [0, 0.05) is 19.0 Å². The largest absolute Gasteiger partial charge is 0.445 e. The Morgan fingerprint density at radius 3 is 2.00 bits per heavy atom. The fraction of sp³-hybridized carbons (Fsp3) is 0.381. The summed E-state index contributed by atoms with van der Waals surface area (Å²) in [4.78, 5) is 15.2. The summed E-state index contributed by atoms with van der Waals surface area (Å²) in [5, 5.41) is 3.40. The van der Waals surface area contributed by atoms with Crippen LogP contribution >= 0.6 is 0 Å². The number of carbonyl (C=O) groups excluding carboxylic acids is 1. The minimum Gasteiger partial charge on any atom is -0.445 e. The molecule has 0 bridgehead atoms. The van der Waals surface area contributed by atoms with E-state index in [0.717, 1.165) is 24.2 Å². The van der Waals surface area contributed by atoms with Gasteiger partial charge in [-0.25, -0.2) is 0 Å². The van der Waals surface area contributed by atoms with Crippen LogP contribution in [0.5, 0.6) is 0 Å². The van der Waals surface area contributed by atoms with Crippen LogP contribution in [0.15, 0.2) is 60.7 Å². The van der Waals surface area contributed by atoms with Crippen molar-refractivity contribution in [1.29, 1.82) is 0 Å². The van der Waals surface area contributed by atoms with E-state index in [1.165, 1.54) is 0 Å². The number of ether oxygens (including phenoxy) is 1. The van der Waals surface area contributed by atoms with Crippen LogP contribution in [0.2, 0.25) is 0 Å². The Bertz CT molecular complexity index is 661. The van der Waals surface area contributed by atoms with E-state index in [-0.39, 0.29) is 18.1 Å². The van der Waals surface area contributed by atoms with Crippen molar-refractivity contribution >= 4 is 5.97 Å². The third-order valence-electron chi connectivity index (χ3n) is 5.06. The number of benzene rings is 2. The normalized spacial score (nSPS) is 22.2. The number of esters is 1. The van der Waals surface area contributed by atoms with Crippen LogP contribution in [0.25, 0.3) is 0 Å². The fourth-order valence-electron chi connectivity index (χ4n) is 3.70. The Balaban J connectivity index is 1.99. The zero-order valence-electron chi connectivity index (χ0n) is 15.1. The number of rotatable bonds is 6. The van der Waals surface area contributed by atoms with Crippen LogP contribution in [0.4, 0.5) is 0 Å². The minimum absolute atomic E-state index is 0.0213. The third-order valence-corrected chi connectivity index (χ3v) is 5.06. The van der Waals surface area contributed by atoms with Gasteiger partial charge in [-0.15, -0.1) is 0 Å². The highest BCUT2D eigenvalue weighted by molar-refractivity contribution is 5.90. The Hall–Kier alpha value is -2.17. The lowest BCUT2D eigenvalue weighted by Gasteiger charge is -2.31. The molecule has 0 saturated carbocycles. The standard InChI is InChI=1S/C21H26N2O2/c1-16-19(22-14-15-23(2)3)25-20(24)21(16,17-10-6-4-7-11-17)18-12-8-5-9-13-18/h4-13,16,19,22H,14-15H2,1-3H3. The monoisotopic (exact) mass is 338 g/mol. The highest BCUT2D eigenvalue weighted by Gasteiger charge is 2.57. The Morgan fingerprint density at radius 1 is 1.00 bits per heavy atom. The van der Waals surface area contributed by atoms with E-state index in [1.54, 1.807) is 0 Å². The molecule has 1 aliphatic heterocycles. The second-order valence-corrected chi connectivity index (χ2v) is 6.91. The fourth-order valence-corrected chi connectivity index (χ4v) is 3.70. The smallest absolute Gasteiger partial charge is 0.323 e. The maximum absolute atomic E-state index is 13.1. The third kappa shape index (κ3) is 3.20. The zero-order chi connectivity index (χ0) is 17.9. The molecule has 25 heavy (non-hydrogen) atoms. The van der Waals surface area contributed by atoms with Crippen LogP contribution in [-0.4, -0.2) is 44.3 Å². The van der Waals surface area contributed by atoms with Gasteiger partial charge in [-0.1, -0.05) is 67.6 Å². The Morgan fingerprint density at radius 2 is 1.52 bits per heavy atom. The molecule has 2 atom stereocenters. The van der Waals surface area contributed by atoms with Gasteiger partial charge in [0.05, 0.1) is 0 Å². The Labute approximate surface area is 149 Å². The zero-order valence-corrected chi connectivity index (χ0v) is 15.1.